The molecule has 0 bridgehead atoms. The first kappa shape index (κ1) is 23.5. The van der Waals surface area contributed by atoms with Gasteiger partial charge in [0, 0.05) is 52.5 Å². The highest BCUT2D eigenvalue weighted by Gasteiger charge is 2.42. The first-order valence-electron chi connectivity index (χ1n) is 10.6. The molecule has 1 fully saturated rings. The third kappa shape index (κ3) is 5.38. The molecule has 0 saturated carbocycles. The van der Waals surface area contributed by atoms with Gasteiger partial charge in [-0.05, 0) is 50.5 Å². The maximum Gasteiger partial charge on any atom is 0.281 e. The summed E-state index contributed by atoms with van der Waals surface area (Å²) in [6.07, 6.45) is 2.77. The third-order valence-electron chi connectivity index (χ3n) is 5.79. The molecule has 0 aromatic heterocycles. The fraction of sp³-hybridized carbons (Fsp3) is 0.571. The molecule has 2 N–H and O–H groups in total. The molecule has 1 saturated heterocycles. The van der Waals surface area contributed by atoms with Crippen LogP contribution in [-0.4, -0.2) is 75.4 Å². The zero-order valence-electron chi connectivity index (χ0n) is 18.7. The largest absolute Gasteiger partial charge is 0.370 e. The zero-order chi connectivity index (χ0) is 22.6. The van der Waals surface area contributed by atoms with E-state index in [0.717, 1.165) is 12.2 Å². The number of piperidine rings is 1. The van der Waals surface area contributed by atoms with E-state index in [9.17, 15) is 13.2 Å². The standard InChI is InChI=1S/C21H33N5O4S/c1-5-25(18-8-6-7-17(2)15-18)14-11-22-20(27)19-16-21(30-23-19)9-12-26(13-10-21)31(28,29)24(3)4/h6-8,15-16,23H,5,9-14H2,1-4H3,(H,22,27). The minimum atomic E-state index is -3.44. The second kappa shape index (κ2) is 9.56. The lowest BCUT2D eigenvalue weighted by Crippen LogP contribution is -2.49. The maximum atomic E-state index is 12.6. The third-order valence-corrected chi connectivity index (χ3v) is 7.73. The van der Waals surface area contributed by atoms with E-state index >= 15 is 0 Å². The van der Waals surface area contributed by atoms with E-state index in [-0.39, 0.29) is 5.91 Å². The smallest absolute Gasteiger partial charge is 0.281 e. The molecule has 9 nitrogen and oxygen atoms in total. The topological polar surface area (TPSA) is 94.2 Å². The van der Waals surface area contributed by atoms with E-state index in [0.29, 0.717) is 44.7 Å². The zero-order valence-corrected chi connectivity index (χ0v) is 19.5. The number of aryl methyl sites for hydroxylation is 1. The van der Waals surface area contributed by atoms with Crippen LogP contribution in [0.25, 0.3) is 0 Å². The summed E-state index contributed by atoms with van der Waals surface area (Å²) >= 11 is 0. The average Bonchev–Trinajstić information content (AvgIpc) is 3.15. The molecule has 0 unspecified atom stereocenters. The molecule has 0 aliphatic carbocycles. The van der Waals surface area contributed by atoms with Crippen molar-refractivity contribution in [1.82, 2.24) is 19.4 Å². The number of carbonyl (C=O) groups is 1. The van der Waals surface area contributed by atoms with Gasteiger partial charge in [-0.25, -0.2) is 0 Å². The number of hydroxylamine groups is 1. The Balaban J connectivity index is 1.52. The second-order valence-corrected chi connectivity index (χ2v) is 10.3. The van der Waals surface area contributed by atoms with Gasteiger partial charge in [0.2, 0.25) is 0 Å². The Labute approximate surface area is 185 Å². The second-order valence-electron chi connectivity index (χ2n) is 8.19. The minimum absolute atomic E-state index is 0.222. The molecule has 0 atom stereocenters. The van der Waals surface area contributed by atoms with E-state index < -0.39 is 15.8 Å². The molecule has 2 heterocycles. The number of rotatable bonds is 8. The number of likely N-dealkylation sites (N-methyl/N-ethyl adjacent to an activating group) is 1. The predicted molar refractivity (Wildman–Crippen MR) is 121 cm³/mol. The minimum Gasteiger partial charge on any atom is -0.370 e. The molecule has 172 valence electrons. The average molecular weight is 452 g/mol. The Morgan fingerprint density at radius 2 is 2.00 bits per heavy atom. The number of benzene rings is 1. The van der Waals surface area contributed by atoms with Crippen molar-refractivity contribution in [3.8, 4) is 0 Å². The Morgan fingerprint density at radius 3 is 2.61 bits per heavy atom. The molecule has 1 aromatic rings. The van der Waals surface area contributed by atoms with Crippen molar-refractivity contribution in [3.63, 3.8) is 0 Å². The van der Waals surface area contributed by atoms with Gasteiger partial charge in [-0.2, -0.15) is 17.0 Å². The van der Waals surface area contributed by atoms with E-state index in [1.807, 2.05) is 6.07 Å². The normalized spacial score (nSPS) is 18.7. The summed E-state index contributed by atoms with van der Waals surface area (Å²) in [6.45, 7) is 6.88. The fourth-order valence-corrected chi connectivity index (χ4v) is 4.96. The molecular weight excluding hydrogens is 418 g/mol. The molecule has 0 radical (unpaired) electrons. The van der Waals surface area contributed by atoms with Crippen LogP contribution in [0.1, 0.15) is 25.3 Å². The van der Waals surface area contributed by atoms with Gasteiger partial charge < -0.3 is 10.2 Å². The lowest BCUT2D eigenvalue weighted by Gasteiger charge is -2.36. The molecule has 31 heavy (non-hydrogen) atoms. The van der Waals surface area contributed by atoms with Crippen molar-refractivity contribution in [1.29, 1.82) is 0 Å². The highest BCUT2D eigenvalue weighted by atomic mass is 32.2. The number of hydrogen-bond acceptors (Lipinski definition) is 6. The summed E-state index contributed by atoms with van der Waals surface area (Å²) in [5, 5.41) is 2.94. The molecule has 10 heteroatoms. The van der Waals surface area contributed by atoms with Gasteiger partial charge in [0.05, 0.1) is 0 Å². The van der Waals surface area contributed by atoms with Crippen LogP contribution in [0.15, 0.2) is 36.0 Å². The van der Waals surface area contributed by atoms with E-state index in [1.165, 1.54) is 28.3 Å². The van der Waals surface area contributed by atoms with Crippen LogP contribution in [-0.2, 0) is 19.8 Å². The van der Waals surface area contributed by atoms with Crippen LogP contribution < -0.4 is 15.7 Å². The van der Waals surface area contributed by atoms with Gasteiger partial charge in [-0.3, -0.25) is 15.1 Å². The summed E-state index contributed by atoms with van der Waals surface area (Å²) in [7, 11) is -0.394. The first-order valence-corrected chi connectivity index (χ1v) is 12.0. The summed E-state index contributed by atoms with van der Waals surface area (Å²) in [4.78, 5) is 20.5. The predicted octanol–water partition coefficient (Wildman–Crippen LogP) is 0.997. The molecule has 1 aromatic carbocycles. The van der Waals surface area contributed by atoms with Gasteiger partial charge in [0.1, 0.15) is 11.3 Å². The van der Waals surface area contributed by atoms with E-state index in [1.54, 1.807) is 6.08 Å². The van der Waals surface area contributed by atoms with Gasteiger partial charge in [-0.15, -0.1) is 0 Å². The quantitative estimate of drug-likeness (QED) is 0.612. The number of nitrogens with one attached hydrogen (secondary N) is 2. The van der Waals surface area contributed by atoms with Crippen molar-refractivity contribution in [3.05, 3.63) is 41.6 Å². The van der Waals surface area contributed by atoms with Crippen LogP contribution >= 0.6 is 0 Å². The number of amides is 1. The summed E-state index contributed by atoms with van der Waals surface area (Å²) < 4.78 is 27.2. The van der Waals surface area contributed by atoms with Crippen LogP contribution in [0.3, 0.4) is 0 Å². The Bertz CT molecular complexity index is 923. The number of anilines is 1. The van der Waals surface area contributed by atoms with Gasteiger partial charge in [0.25, 0.3) is 16.1 Å². The molecule has 1 amide bonds. The highest BCUT2D eigenvalue weighted by Crippen LogP contribution is 2.33. The number of carbonyl (C=O) groups excluding carboxylic acids is 1. The fourth-order valence-electron chi connectivity index (χ4n) is 3.86. The van der Waals surface area contributed by atoms with Crippen LogP contribution in [0.5, 0.6) is 0 Å². The van der Waals surface area contributed by atoms with Crippen LogP contribution in [0, 0.1) is 6.92 Å². The number of hydrogen-bond donors (Lipinski definition) is 2. The first-order chi connectivity index (χ1) is 14.7. The van der Waals surface area contributed by atoms with Crippen molar-refractivity contribution >= 4 is 21.8 Å². The summed E-state index contributed by atoms with van der Waals surface area (Å²) in [5.41, 5.74) is 4.81. The van der Waals surface area contributed by atoms with Gasteiger partial charge in [0.15, 0.2) is 0 Å². The molecule has 2 aliphatic rings. The van der Waals surface area contributed by atoms with Gasteiger partial charge >= 0.3 is 0 Å². The molecule has 2 aliphatic heterocycles. The lowest BCUT2D eigenvalue weighted by atomic mass is 9.92. The maximum absolute atomic E-state index is 12.6. The summed E-state index contributed by atoms with van der Waals surface area (Å²) in [6, 6.07) is 8.30. The van der Waals surface area contributed by atoms with E-state index in [2.05, 4.69) is 47.7 Å². The molecular formula is C21H33N5O4S. The number of nitrogens with zero attached hydrogens (tertiary/aromatic N) is 3. The monoisotopic (exact) mass is 451 g/mol. The van der Waals surface area contributed by atoms with Crippen molar-refractivity contribution < 1.29 is 18.0 Å². The Hall–Kier alpha value is -2.14. The van der Waals surface area contributed by atoms with Crippen molar-refractivity contribution in [2.45, 2.75) is 32.3 Å². The molecule has 3 rings (SSSR count). The van der Waals surface area contributed by atoms with Crippen molar-refractivity contribution in [2.75, 3.05) is 51.7 Å². The Kier molecular flexibility index (Phi) is 7.25. The molecule has 1 spiro atoms. The Morgan fingerprint density at radius 1 is 1.29 bits per heavy atom. The summed E-state index contributed by atoms with van der Waals surface area (Å²) in [5.74, 6) is -0.222. The lowest BCUT2D eigenvalue weighted by molar-refractivity contribution is -0.119. The van der Waals surface area contributed by atoms with Crippen LogP contribution in [0.4, 0.5) is 5.69 Å². The van der Waals surface area contributed by atoms with Gasteiger partial charge in [-0.1, -0.05) is 12.1 Å². The van der Waals surface area contributed by atoms with Crippen molar-refractivity contribution in [2.24, 2.45) is 0 Å². The van der Waals surface area contributed by atoms with E-state index in [4.69, 9.17) is 4.84 Å². The highest BCUT2D eigenvalue weighted by molar-refractivity contribution is 7.86. The van der Waals surface area contributed by atoms with Crippen LogP contribution in [0.2, 0.25) is 0 Å². The SMILES string of the molecule is CCN(CCNC(=O)C1=CC2(CCN(S(=O)(=O)N(C)C)CC2)ON1)c1cccc(C)c1.